The molecular weight excluding hydrogens is 449 g/mol. The van der Waals surface area contributed by atoms with Gasteiger partial charge in [0, 0.05) is 43.8 Å². The minimum Gasteiger partial charge on any atom is -0.390 e. The average molecular weight is 474 g/mol. The van der Waals surface area contributed by atoms with Crippen LogP contribution in [0.3, 0.4) is 0 Å². The molecule has 3 fully saturated rings. The molecule has 168 valence electrons. The van der Waals surface area contributed by atoms with Crippen LogP contribution in [-0.4, -0.2) is 68.1 Å². The summed E-state index contributed by atoms with van der Waals surface area (Å²) in [4.78, 5) is 13.9. The van der Waals surface area contributed by atoms with Crippen molar-refractivity contribution < 1.29 is 5.11 Å². The maximum Gasteiger partial charge on any atom is 0.227 e. The van der Waals surface area contributed by atoms with Gasteiger partial charge in [-0.2, -0.15) is 5.10 Å². The predicted octanol–water partition coefficient (Wildman–Crippen LogP) is 3.86. The third-order valence-electron chi connectivity index (χ3n) is 6.73. The standard InChI is InChI=1S/C22H25Cl2N7O/c23-17-7-13-9-25-22(28-19-10-26-31(21(19)24)15-1-2-15)27-18(13)8-20(17)29-5-3-14(4-6-29)30-11-16(32)12-30/h7-10,14-16,32H,1-6,11-12H2,(H,25,27,28). The number of likely N-dealkylation sites (tertiary alicyclic amines) is 1. The summed E-state index contributed by atoms with van der Waals surface area (Å²) in [7, 11) is 0. The van der Waals surface area contributed by atoms with Crippen LogP contribution in [0.15, 0.2) is 24.5 Å². The maximum absolute atomic E-state index is 9.58. The number of nitrogens with one attached hydrogen (secondary N) is 1. The lowest BCUT2D eigenvalue weighted by Gasteiger charge is -2.45. The van der Waals surface area contributed by atoms with Crippen molar-refractivity contribution >= 4 is 51.4 Å². The lowest BCUT2D eigenvalue weighted by Crippen LogP contribution is -2.57. The van der Waals surface area contributed by atoms with Gasteiger partial charge in [-0.05, 0) is 37.8 Å². The number of piperidine rings is 1. The first-order chi connectivity index (χ1) is 15.5. The largest absolute Gasteiger partial charge is 0.390 e. The van der Waals surface area contributed by atoms with Crippen molar-refractivity contribution in [3.8, 4) is 0 Å². The number of hydrogen-bond donors (Lipinski definition) is 2. The fraction of sp³-hybridized carbons (Fsp3) is 0.500. The Morgan fingerprint density at radius 3 is 2.50 bits per heavy atom. The molecule has 0 radical (unpaired) electrons. The van der Waals surface area contributed by atoms with Gasteiger partial charge in [-0.25, -0.2) is 14.6 Å². The predicted molar refractivity (Wildman–Crippen MR) is 126 cm³/mol. The highest BCUT2D eigenvalue weighted by molar-refractivity contribution is 6.34. The van der Waals surface area contributed by atoms with E-state index in [0.717, 1.165) is 68.5 Å². The summed E-state index contributed by atoms with van der Waals surface area (Å²) in [6, 6.07) is 4.95. The molecule has 10 heteroatoms. The molecule has 8 nitrogen and oxygen atoms in total. The number of rotatable bonds is 5. The molecule has 4 heterocycles. The summed E-state index contributed by atoms with van der Waals surface area (Å²) in [6.07, 6.45) is 7.73. The van der Waals surface area contributed by atoms with E-state index < -0.39 is 0 Å². The Balaban J connectivity index is 1.20. The van der Waals surface area contributed by atoms with Gasteiger partial charge in [0.05, 0.1) is 40.3 Å². The topological polar surface area (TPSA) is 82.3 Å². The normalized spacial score (nSPS) is 20.7. The van der Waals surface area contributed by atoms with Gasteiger partial charge in [0.2, 0.25) is 5.95 Å². The Morgan fingerprint density at radius 2 is 1.78 bits per heavy atom. The van der Waals surface area contributed by atoms with E-state index >= 15 is 0 Å². The van der Waals surface area contributed by atoms with Gasteiger partial charge >= 0.3 is 0 Å². The first-order valence-corrected chi connectivity index (χ1v) is 11.9. The van der Waals surface area contributed by atoms with Gasteiger partial charge in [-0.15, -0.1) is 0 Å². The second kappa shape index (κ2) is 8.02. The molecule has 2 aliphatic heterocycles. The van der Waals surface area contributed by atoms with E-state index in [2.05, 4.69) is 25.2 Å². The summed E-state index contributed by atoms with van der Waals surface area (Å²) in [6.45, 7) is 3.48. The molecule has 32 heavy (non-hydrogen) atoms. The van der Waals surface area contributed by atoms with Crippen LogP contribution in [0, 0.1) is 0 Å². The Bertz CT molecular complexity index is 1150. The number of hydrogen-bond acceptors (Lipinski definition) is 7. The highest BCUT2D eigenvalue weighted by Gasteiger charge is 2.33. The lowest BCUT2D eigenvalue weighted by atomic mass is 9.98. The van der Waals surface area contributed by atoms with Crippen LogP contribution < -0.4 is 10.2 Å². The Labute approximate surface area is 196 Å². The monoisotopic (exact) mass is 473 g/mol. The van der Waals surface area contributed by atoms with Crippen LogP contribution in [0.2, 0.25) is 10.2 Å². The molecule has 2 saturated heterocycles. The second-order valence-electron chi connectivity index (χ2n) is 9.03. The van der Waals surface area contributed by atoms with Crippen molar-refractivity contribution in [1.29, 1.82) is 0 Å². The third-order valence-corrected chi connectivity index (χ3v) is 7.41. The fourth-order valence-corrected chi connectivity index (χ4v) is 5.30. The average Bonchev–Trinajstić information content (AvgIpc) is 3.55. The van der Waals surface area contributed by atoms with E-state index in [1.807, 2.05) is 16.8 Å². The zero-order valence-electron chi connectivity index (χ0n) is 17.6. The number of aliphatic hydroxyl groups is 1. The molecule has 3 aromatic rings. The van der Waals surface area contributed by atoms with Crippen molar-refractivity contribution in [1.82, 2.24) is 24.6 Å². The molecular formula is C22H25Cl2N7O. The molecule has 6 rings (SSSR count). The molecule has 0 spiro atoms. The number of fused-ring (bicyclic) bond motifs is 1. The van der Waals surface area contributed by atoms with Gasteiger partial charge in [-0.3, -0.25) is 4.90 Å². The minimum absolute atomic E-state index is 0.150. The van der Waals surface area contributed by atoms with Gasteiger partial charge in [0.1, 0.15) is 0 Å². The lowest BCUT2D eigenvalue weighted by molar-refractivity contribution is -0.0300. The zero-order valence-corrected chi connectivity index (χ0v) is 19.1. The summed E-state index contributed by atoms with van der Waals surface area (Å²) in [5, 5.41) is 19.4. The van der Waals surface area contributed by atoms with Crippen LogP contribution in [0.5, 0.6) is 0 Å². The highest BCUT2D eigenvalue weighted by Crippen LogP contribution is 2.39. The molecule has 2 N–H and O–H groups in total. The maximum atomic E-state index is 9.58. The first-order valence-electron chi connectivity index (χ1n) is 11.2. The number of anilines is 3. The van der Waals surface area contributed by atoms with Crippen LogP contribution in [-0.2, 0) is 0 Å². The van der Waals surface area contributed by atoms with Gasteiger partial charge in [-0.1, -0.05) is 23.2 Å². The number of aromatic nitrogens is 4. The van der Waals surface area contributed by atoms with Crippen molar-refractivity contribution in [2.24, 2.45) is 0 Å². The molecule has 1 aliphatic carbocycles. The van der Waals surface area contributed by atoms with Crippen molar-refractivity contribution in [3.05, 3.63) is 34.7 Å². The molecule has 3 aliphatic rings. The molecule has 1 aromatic carbocycles. The van der Waals surface area contributed by atoms with E-state index in [4.69, 9.17) is 28.2 Å². The Hall–Kier alpha value is -2.13. The van der Waals surface area contributed by atoms with E-state index in [0.29, 0.717) is 33.9 Å². The molecule has 1 saturated carbocycles. The summed E-state index contributed by atoms with van der Waals surface area (Å²) >= 11 is 13.1. The number of halogens is 2. The Kier molecular flexibility index (Phi) is 5.13. The van der Waals surface area contributed by atoms with Crippen LogP contribution in [0.25, 0.3) is 10.9 Å². The molecule has 0 unspecified atom stereocenters. The Morgan fingerprint density at radius 1 is 1.00 bits per heavy atom. The number of benzene rings is 1. The van der Waals surface area contributed by atoms with Gasteiger partial charge < -0.3 is 15.3 Å². The van der Waals surface area contributed by atoms with E-state index in [1.54, 1.807) is 12.4 Å². The first kappa shape index (κ1) is 20.5. The van der Waals surface area contributed by atoms with Crippen LogP contribution in [0.1, 0.15) is 31.7 Å². The highest BCUT2D eigenvalue weighted by atomic mass is 35.5. The van der Waals surface area contributed by atoms with E-state index in [1.165, 1.54) is 0 Å². The molecule has 0 bridgehead atoms. The smallest absolute Gasteiger partial charge is 0.227 e. The molecule has 2 aromatic heterocycles. The van der Waals surface area contributed by atoms with Crippen molar-refractivity contribution in [2.75, 3.05) is 36.4 Å². The number of aliphatic hydroxyl groups excluding tert-OH is 1. The second-order valence-corrected chi connectivity index (χ2v) is 9.80. The van der Waals surface area contributed by atoms with Crippen molar-refractivity contribution in [2.45, 2.75) is 43.9 Å². The van der Waals surface area contributed by atoms with Crippen LogP contribution in [0.4, 0.5) is 17.3 Å². The van der Waals surface area contributed by atoms with Gasteiger partial charge in [0.25, 0.3) is 0 Å². The van der Waals surface area contributed by atoms with E-state index in [-0.39, 0.29) is 6.10 Å². The van der Waals surface area contributed by atoms with Crippen LogP contribution >= 0.6 is 23.2 Å². The third kappa shape index (κ3) is 3.79. The molecule has 0 amide bonds. The minimum atomic E-state index is -0.150. The molecule has 0 atom stereocenters. The van der Waals surface area contributed by atoms with E-state index in [9.17, 15) is 5.11 Å². The van der Waals surface area contributed by atoms with Crippen molar-refractivity contribution in [3.63, 3.8) is 0 Å². The number of β-amino-alcohol motifs (C(OH)–C–C–N with tert-alkyl or cyclic N) is 1. The summed E-state index contributed by atoms with van der Waals surface area (Å²) in [5.74, 6) is 0.484. The summed E-state index contributed by atoms with van der Waals surface area (Å²) < 4.78 is 1.85. The fourth-order valence-electron chi connectivity index (χ4n) is 4.73. The summed E-state index contributed by atoms with van der Waals surface area (Å²) in [5.41, 5.74) is 2.55. The zero-order chi connectivity index (χ0) is 21.8. The number of nitrogens with zero attached hydrogens (tertiary/aromatic N) is 6. The quantitative estimate of drug-likeness (QED) is 0.581. The van der Waals surface area contributed by atoms with Gasteiger partial charge in [0.15, 0.2) is 5.15 Å². The SMILES string of the molecule is OC1CN(C2CCN(c3cc4nc(Nc5cnn(C6CC6)c5Cl)ncc4cc3Cl)CC2)C1.